The van der Waals surface area contributed by atoms with E-state index in [-0.39, 0.29) is 28.1 Å². The van der Waals surface area contributed by atoms with Crippen molar-refractivity contribution in [3.63, 3.8) is 0 Å². The quantitative estimate of drug-likeness (QED) is 0.207. The summed E-state index contributed by atoms with van der Waals surface area (Å²) in [5, 5.41) is 25.6. The van der Waals surface area contributed by atoms with E-state index in [0.717, 1.165) is 55.6 Å². The van der Waals surface area contributed by atoms with Crippen LogP contribution in [0, 0.1) is 11.8 Å². The summed E-state index contributed by atoms with van der Waals surface area (Å²) in [6, 6.07) is 26.0. The molecule has 0 saturated carbocycles. The highest BCUT2D eigenvalue weighted by Gasteiger charge is 2.44. The van der Waals surface area contributed by atoms with Crippen LogP contribution in [0.25, 0.3) is 22.3 Å². The zero-order chi connectivity index (χ0) is 34.5. The summed E-state index contributed by atoms with van der Waals surface area (Å²) >= 11 is 0. The molecule has 2 N–H and O–H groups in total. The van der Waals surface area contributed by atoms with Gasteiger partial charge in [-0.1, -0.05) is 168 Å². The third-order valence-corrected chi connectivity index (χ3v) is 10.4. The largest absolute Gasteiger partial charge is 0.379 e. The molecule has 0 bridgehead atoms. The smallest absolute Gasteiger partial charge is 0.178 e. The molecular weight excluding hydrogens is 572 g/mol. The van der Waals surface area contributed by atoms with Crippen LogP contribution in [0.2, 0.25) is 0 Å². The molecule has 0 atom stereocenters. The third-order valence-electron chi connectivity index (χ3n) is 10.4. The van der Waals surface area contributed by atoms with Crippen molar-refractivity contribution in [1.29, 1.82) is 0 Å². The Bertz CT molecular complexity index is 1840. The summed E-state index contributed by atoms with van der Waals surface area (Å²) in [5.74, 6) is 6.77. The molecule has 6 rings (SSSR count). The van der Waals surface area contributed by atoms with E-state index in [0.29, 0.717) is 0 Å². The number of fused-ring (bicyclic) bond motifs is 6. The van der Waals surface area contributed by atoms with Gasteiger partial charge >= 0.3 is 0 Å². The van der Waals surface area contributed by atoms with Crippen LogP contribution in [0.1, 0.15) is 134 Å². The van der Waals surface area contributed by atoms with E-state index in [4.69, 9.17) is 0 Å². The monoisotopic (exact) mass is 624 g/mol. The first kappa shape index (κ1) is 33.3. The lowest BCUT2D eigenvalue weighted by atomic mass is 9.80. The van der Waals surface area contributed by atoms with Gasteiger partial charge in [-0.05, 0) is 77.3 Å². The molecule has 244 valence electrons. The molecule has 47 heavy (non-hydrogen) atoms. The molecule has 2 aliphatic rings. The minimum absolute atomic E-state index is 0.0745. The molecule has 0 aromatic heterocycles. The van der Waals surface area contributed by atoms with Gasteiger partial charge in [0.25, 0.3) is 0 Å². The Balaban J connectivity index is 1.54. The summed E-state index contributed by atoms with van der Waals surface area (Å²) in [7, 11) is 0. The van der Waals surface area contributed by atoms with Crippen molar-refractivity contribution in [2.45, 2.75) is 122 Å². The summed E-state index contributed by atoms with van der Waals surface area (Å²) in [6.07, 6.45) is 0.166. The van der Waals surface area contributed by atoms with Crippen LogP contribution in [0.5, 0.6) is 0 Å². The zero-order valence-electron chi connectivity index (χ0n) is 30.5. The highest BCUT2D eigenvalue weighted by atomic mass is 16.3. The SMILES string of the molecule is CC(C)(C)c1ccc2c(c1)C(O)(C#CCC1(O)c3cc(C(C)(C)C)ccc3-c3ccc(C(C)(C)C)cc31)c1cc(C(C)(C)C)ccc1-2. The summed E-state index contributed by atoms with van der Waals surface area (Å²) < 4.78 is 0. The molecule has 2 aliphatic carbocycles. The van der Waals surface area contributed by atoms with Crippen LogP contribution in [0.3, 0.4) is 0 Å². The van der Waals surface area contributed by atoms with E-state index in [2.05, 4.69) is 168 Å². The highest BCUT2D eigenvalue weighted by Crippen LogP contribution is 2.52. The third kappa shape index (κ3) is 5.47. The van der Waals surface area contributed by atoms with Crippen LogP contribution in [-0.2, 0) is 32.9 Å². The second kappa shape index (κ2) is 10.4. The van der Waals surface area contributed by atoms with Gasteiger partial charge in [0.1, 0.15) is 5.60 Å². The van der Waals surface area contributed by atoms with Gasteiger partial charge in [-0.3, -0.25) is 0 Å². The minimum atomic E-state index is -1.51. The first-order valence-corrected chi connectivity index (χ1v) is 17.1. The second-order valence-corrected chi connectivity index (χ2v) is 18.1. The van der Waals surface area contributed by atoms with Gasteiger partial charge in [-0.2, -0.15) is 0 Å². The van der Waals surface area contributed by atoms with Crippen molar-refractivity contribution in [3.05, 3.63) is 117 Å². The van der Waals surface area contributed by atoms with E-state index in [1.54, 1.807) is 0 Å². The molecule has 4 aromatic rings. The number of hydrogen-bond acceptors (Lipinski definition) is 2. The lowest BCUT2D eigenvalue weighted by Crippen LogP contribution is -2.27. The van der Waals surface area contributed by atoms with Crippen molar-refractivity contribution in [3.8, 4) is 34.1 Å². The Labute approximate surface area is 283 Å². The molecule has 2 nitrogen and oxygen atoms in total. The van der Waals surface area contributed by atoms with Gasteiger partial charge in [0.15, 0.2) is 5.60 Å². The fourth-order valence-corrected chi connectivity index (χ4v) is 7.18. The highest BCUT2D eigenvalue weighted by molar-refractivity contribution is 5.84. The standard InChI is InChI=1S/C45H52O2/c1-40(2,3)28-14-18-32-33-19-15-29(41(4,5)6)25-37(33)44(46,36(32)24-28)22-13-23-45(47)38-26-30(42(7,8)9)16-20-34(38)35-21-17-31(27-39(35)45)43(10,11)12/h14-21,24-27,46-47H,22H2,1-12H3. The van der Waals surface area contributed by atoms with E-state index >= 15 is 0 Å². The first-order chi connectivity index (χ1) is 21.5. The van der Waals surface area contributed by atoms with Crippen LogP contribution < -0.4 is 0 Å². The van der Waals surface area contributed by atoms with Gasteiger partial charge in [0, 0.05) is 17.5 Å². The summed E-state index contributed by atoms with van der Waals surface area (Å²) in [5.41, 5.74) is 9.09. The van der Waals surface area contributed by atoms with Gasteiger partial charge in [-0.15, -0.1) is 0 Å². The topological polar surface area (TPSA) is 40.5 Å². The maximum absolute atomic E-state index is 12.8. The van der Waals surface area contributed by atoms with Crippen LogP contribution in [-0.4, -0.2) is 10.2 Å². The van der Waals surface area contributed by atoms with E-state index in [9.17, 15) is 10.2 Å². The lowest BCUT2D eigenvalue weighted by molar-refractivity contribution is 0.0907. The number of aliphatic hydroxyl groups is 2. The molecule has 0 fully saturated rings. The Hall–Kier alpha value is -3.64. The summed E-state index contributed by atoms with van der Waals surface area (Å²) in [4.78, 5) is 0. The van der Waals surface area contributed by atoms with Crippen LogP contribution in [0.4, 0.5) is 0 Å². The van der Waals surface area contributed by atoms with E-state index in [1.807, 2.05) is 0 Å². The molecule has 0 spiro atoms. The molecule has 4 aromatic carbocycles. The average Bonchev–Trinajstić information content (AvgIpc) is 3.36. The van der Waals surface area contributed by atoms with Crippen molar-refractivity contribution in [2.24, 2.45) is 0 Å². The molecule has 0 unspecified atom stereocenters. The fraction of sp³-hybridized carbons (Fsp3) is 0.422. The van der Waals surface area contributed by atoms with Gasteiger partial charge in [0.2, 0.25) is 0 Å². The van der Waals surface area contributed by atoms with Crippen LogP contribution >= 0.6 is 0 Å². The predicted molar refractivity (Wildman–Crippen MR) is 197 cm³/mol. The minimum Gasteiger partial charge on any atom is -0.379 e. The van der Waals surface area contributed by atoms with Crippen molar-refractivity contribution >= 4 is 0 Å². The molecule has 0 saturated heterocycles. The van der Waals surface area contributed by atoms with Crippen molar-refractivity contribution in [2.75, 3.05) is 0 Å². The molecule has 0 heterocycles. The van der Waals surface area contributed by atoms with Crippen molar-refractivity contribution in [1.82, 2.24) is 0 Å². The second-order valence-electron chi connectivity index (χ2n) is 18.1. The molecule has 0 radical (unpaired) electrons. The van der Waals surface area contributed by atoms with Gasteiger partial charge in [-0.25, -0.2) is 0 Å². The van der Waals surface area contributed by atoms with Gasteiger partial charge in [0.05, 0.1) is 0 Å². The number of rotatable bonds is 1. The molecular formula is C45H52O2. The normalized spacial score (nSPS) is 16.1. The lowest BCUT2D eigenvalue weighted by Gasteiger charge is -2.28. The molecule has 0 aliphatic heterocycles. The molecule has 2 heteroatoms. The average molecular weight is 625 g/mol. The predicted octanol–water partition coefficient (Wildman–Crippen LogP) is 10.4. The van der Waals surface area contributed by atoms with Gasteiger partial charge < -0.3 is 10.2 Å². The van der Waals surface area contributed by atoms with Crippen molar-refractivity contribution < 1.29 is 10.2 Å². The Morgan fingerprint density at radius 3 is 1.02 bits per heavy atom. The maximum atomic E-state index is 12.8. The fourth-order valence-electron chi connectivity index (χ4n) is 7.18. The Kier molecular flexibility index (Phi) is 7.38. The first-order valence-electron chi connectivity index (χ1n) is 17.1. The van der Waals surface area contributed by atoms with E-state index < -0.39 is 11.2 Å². The Morgan fingerprint density at radius 2 is 0.723 bits per heavy atom. The van der Waals surface area contributed by atoms with E-state index in [1.165, 1.54) is 11.1 Å². The zero-order valence-corrected chi connectivity index (χ0v) is 30.5. The number of hydrogen-bond donors (Lipinski definition) is 2. The molecule has 0 amide bonds. The Morgan fingerprint density at radius 1 is 0.447 bits per heavy atom. The summed E-state index contributed by atoms with van der Waals surface area (Å²) in [6.45, 7) is 26.4. The maximum Gasteiger partial charge on any atom is 0.178 e. The number of benzene rings is 4. The van der Waals surface area contributed by atoms with Crippen LogP contribution in [0.15, 0.2) is 72.8 Å².